The van der Waals surface area contributed by atoms with Gasteiger partial charge in [0.15, 0.2) is 18.1 Å². The molecule has 1 amide bonds. The Bertz CT molecular complexity index is 1100. The van der Waals surface area contributed by atoms with Crippen molar-refractivity contribution in [3.8, 4) is 17.2 Å². The summed E-state index contributed by atoms with van der Waals surface area (Å²) in [5, 5.41) is 2.73. The van der Waals surface area contributed by atoms with Crippen molar-refractivity contribution >= 4 is 17.6 Å². The number of nitrogens with one attached hydrogen (secondary N) is 1. The number of para-hydroxylation sites is 2. The minimum atomic E-state index is -0.480. The van der Waals surface area contributed by atoms with Crippen molar-refractivity contribution in [1.29, 1.82) is 0 Å². The van der Waals surface area contributed by atoms with E-state index in [2.05, 4.69) is 5.32 Å². The zero-order valence-electron chi connectivity index (χ0n) is 18.2. The van der Waals surface area contributed by atoms with Gasteiger partial charge in [-0.05, 0) is 48.4 Å². The van der Waals surface area contributed by atoms with E-state index in [1.54, 1.807) is 30.3 Å². The zero-order valence-corrected chi connectivity index (χ0v) is 18.2. The molecule has 1 N–H and O–H groups in total. The molecule has 0 bridgehead atoms. The van der Waals surface area contributed by atoms with Gasteiger partial charge in [0.1, 0.15) is 12.4 Å². The number of benzene rings is 3. The number of aryl methyl sites for hydroxylation is 1. The number of amides is 1. The molecule has 0 aliphatic carbocycles. The minimum Gasteiger partial charge on any atom is -0.495 e. The molecule has 3 aromatic carbocycles. The predicted octanol–water partition coefficient (Wildman–Crippen LogP) is 4.39. The van der Waals surface area contributed by atoms with Gasteiger partial charge in [0.05, 0.1) is 25.5 Å². The Hall–Kier alpha value is -4.00. The molecule has 166 valence electrons. The molecule has 0 spiro atoms. The first-order chi connectivity index (χ1) is 15.5. The number of hydrogen-bond donors (Lipinski definition) is 1. The van der Waals surface area contributed by atoms with Crippen LogP contribution in [-0.4, -0.2) is 32.7 Å². The van der Waals surface area contributed by atoms with Crippen LogP contribution >= 0.6 is 0 Å². The van der Waals surface area contributed by atoms with Gasteiger partial charge in [-0.2, -0.15) is 0 Å². The summed E-state index contributed by atoms with van der Waals surface area (Å²) in [6, 6.07) is 19.4. The van der Waals surface area contributed by atoms with Gasteiger partial charge < -0.3 is 24.3 Å². The van der Waals surface area contributed by atoms with Crippen molar-refractivity contribution in [2.24, 2.45) is 0 Å². The van der Waals surface area contributed by atoms with Crippen LogP contribution in [0.1, 0.15) is 21.5 Å². The minimum absolute atomic E-state index is 0.176. The number of anilines is 1. The average Bonchev–Trinajstić information content (AvgIpc) is 2.82. The molecule has 7 heteroatoms. The summed E-state index contributed by atoms with van der Waals surface area (Å²) in [5.74, 6) is 0.357. The van der Waals surface area contributed by atoms with Gasteiger partial charge in [0.25, 0.3) is 5.91 Å². The van der Waals surface area contributed by atoms with Crippen molar-refractivity contribution in [1.82, 2.24) is 0 Å². The lowest BCUT2D eigenvalue weighted by molar-refractivity contribution is -0.118. The summed E-state index contributed by atoms with van der Waals surface area (Å²) in [5.41, 5.74) is 2.85. The van der Waals surface area contributed by atoms with Crippen molar-refractivity contribution in [3.05, 3.63) is 83.4 Å². The van der Waals surface area contributed by atoms with Gasteiger partial charge in [-0.3, -0.25) is 4.79 Å². The lowest BCUT2D eigenvalue weighted by Crippen LogP contribution is -2.20. The Kier molecular flexibility index (Phi) is 7.70. The second-order valence-corrected chi connectivity index (χ2v) is 6.91. The largest absolute Gasteiger partial charge is 0.495 e. The first kappa shape index (κ1) is 22.7. The van der Waals surface area contributed by atoms with Crippen LogP contribution in [0.25, 0.3) is 0 Å². The number of carbonyl (C=O) groups excluding carboxylic acids is 2. The molecule has 0 saturated carbocycles. The van der Waals surface area contributed by atoms with E-state index < -0.39 is 5.97 Å². The van der Waals surface area contributed by atoms with Crippen LogP contribution in [0.4, 0.5) is 5.69 Å². The Balaban J connectivity index is 1.60. The molecule has 0 aliphatic heterocycles. The molecule has 0 aromatic heterocycles. The van der Waals surface area contributed by atoms with Crippen molar-refractivity contribution in [2.45, 2.75) is 13.5 Å². The molecular formula is C25H25NO6. The van der Waals surface area contributed by atoms with E-state index in [-0.39, 0.29) is 19.1 Å². The van der Waals surface area contributed by atoms with Gasteiger partial charge in [0.2, 0.25) is 0 Å². The van der Waals surface area contributed by atoms with E-state index in [9.17, 15) is 9.59 Å². The van der Waals surface area contributed by atoms with E-state index in [1.165, 1.54) is 20.3 Å². The van der Waals surface area contributed by atoms with Gasteiger partial charge in [-0.1, -0.05) is 36.4 Å². The molecule has 0 heterocycles. The topological polar surface area (TPSA) is 83.1 Å². The van der Waals surface area contributed by atoms with Gasteiger partial charge in [-0.15, -0.1) is 0 Å². The molecule has 3 aromatic rings. The van der Waals surface area contributed by atoms with E-state index in [0.717, 1.165) is 11.1 Å². The van der Waals surface area contributed by atoms with E-state index >= 15 is 0 Å². The van der Waals surface area contributed by atoms with E-state index in [0.29, 0.717) is 28.5 Å². The highest BCUT2D eigenvalue weighted by Gasteiger charge is 2.15. The monoisotopic (exact) mass is 435 g/mol. The van der Waals surface area contributed by atoms with Crippen LogP contribution < -0.4 is 19.5 Å². The lowest BCUT2D eigenvalue weighted by Gasteiger charge is -2.13. The third kappa shape index (κ3) is 5.78. The maximum Gasteiger partial charge on any atom is 0.338 e. The maximum atomic E-state index is 12.4. The zero-order chi connectivity index (χ0) is 22.9. The molecule has 0 aliphatic rings. The van der Waals surface area contributed by atoms with Crippen LogP contribution in [0.15, 0.2) is 66.7 Å². The molecule has 7 nitrogen and oxygen atoms in total. The summed E-state index contributed by atoms with van der Waals surface area (Å²) < 4.78 is 21.5. The SMILES string of the molecule is COc1ccccc1NC(=O)COc1ccc(C(=O)OCc2ccccc2C)cc1OC. The number of esters is 1. The number of carbonyl (C=O) groups is 2. The predicted molar refractivity (Wildman–Crippen MR) is 120 cm³/mol. The molecular weight excluding hydrogens is 410 g/mol. The number of hydrogen-bond acceptors (Lipinski definition) is 6. The fourth-order valence-corrected chi connectivity index (χ4v) is 2.99. The van der Waals surface area contributed by atoms with Crippen molar-refractivity contribution in [2.75, 3.05) is 26.1 Å². The van der Waals surface area contributed by atoms with Gasteiger partial charge in [0, 0.05) is 0 Å². The fourth-order valence-electron chi connectivity index (χ4n) is 2.99. The third-order valence-corrected chi connectivity index (χ3v) is 4.76. The first-order valence-electron chi connectivity index (χ1n) is 9.97. The summed E-state index contributed by atoms with van der Waals surface area (Å²) in [6.45, 7) is 1.89. The summed E-state index contributed by atoms with van der Waals surface area (Å²) in [6.07, 6.45) is 0. The summed E-state index contributed by atoms with van der Waals surface area (Å²) in [4.78, 5) is 24.7. The van der Waals surface area contributed by atoms with Crippen LogP contribution in [0.2, 0.25) is 0 Å². The molecule has 3 rings (SSSR count). The number of ether oxygens (including phenoxy) is 4. The quantitative estimate of drug-likeness (QED) is 0.502. The number of methoxy groups -OCH3 is 2. The third-order valence-electron chi connectivity index (χ3n) is 4.76. The van der Waals surface area contributed by atoms with E-state index in [1.807, 2.05) is 37.3 Å². The molecule has 0 atom stereocenters. The molecule has 0 radical (unpaired) electrons. The van der Waals surface area contributed by atoms with Crippen LogP contribution in [0, 0.1) is 6.92 Å². The fraction of sp³-hybridized carbons (Fsp3) is 0.200. The van der Waals surface area contributed by atoms with Crippen molar-refractivity contribution < 1.29 is 28.5 Å². The Morgan fingerprint density at radius 2 is 1.56 bits per heavy atom. The normalized spacial score (nSPS) is 10.2. The second kappa shape index (κ2) is 10.9. The number of rotatable bonds is 9. The summed E-state index contributed by atoms with van der Waals surface area (Å²) >= 11 is 0. The average molecular weight is 435 g/mol. The molecule has 0 fully saturated rings. The summed E-state index contributed by atoms with van der Waals surface area (Å²) in [7, 11) is 2.99. The highest BCUT2D eigenvalue weighted by atomic mass is 16.5. The maximum absolute atomic E-state index is 12.4. The Labute approximate surface area is 186 Å². The van der Waals surface area contributed by atoms with E-state index in [4.69, 9.17) is 18.9 Å². The Morgan fingerprint density at radius 1 is 0.844 bits per heavy atom. The Morgan fingerprint density at radius 3 is 2.31 bits per heavy atom. The highest BCUT2D eigenvalue weighted by Crippen LogP contribution is 2.29. The van der Waals surface area contributed by atoms with Crippen LogP contribution in [0.5, 0.6) is 17.2 Å². The highest BCUT2D eigenvalue weighted by molar-refractivity contribution is 5.93. The van der Waals surface area contributed by atoms with Crippen LogP contribution in [0.3, 0.4) is 0 Å². The first-order valence-corrected chi connectivity index (χ1v) is 9.97. The van der Waals surface area contributed by atoms with Crippen molar-refractivity contribution in [3.63, 3.8) is 0 Å². The second-order valence-electron chi connectivity index (χ2n) is 6.91. The smallest absolute Gasteiger partial charge is 0.338 e. The standard InChI is InChI=1S/C25H25NO6/c1-17-8-4-5-9-19(17)15-32-25(28)18-12-13-22(23(14-18)30-3)31-16-24(27)26-20-10-6-7-11-21(20)29-2/h4-14H,15-16H2,1-3H3,(H,26,27). The van der Waals surface area contributed by atoms with Gasteiger partial charge in [-0.25, -0.2) is 4.79 Å². The lowest BCUT2D eigenvalue weighted by atomic mass is 10.1. The van der Waals surface area contributed by atoms with Gasteiger partial charge >= 0.3 is 5.97 Å². The molecule has 0 saturated heterocycles. The molecule has 0 unspecified atom stereocenters. The molecule has 32 heavy (non-hydrogen) atoms. The van der Waals surface area contributed by atoms with Crippen LogP contribution in [-0.2, 0) is 16.1 Å².